The van der Waals surface area contributed by atoms with Gasteiger partial charge in [-0.05, 0) is 53.6 Å². The summed E-state index contributed by atoms with van der Waals surface area (Å²) in [6, 6.07) is 23.4. The molecule has 6 heteroatoms. The Morgan fingerprint density at radius 3 is 2.25 bits per heavy atom. The van der Waals surface area contributed by atoms with E-state index in [4.69, 9.17) is 4.74 Å². The monoisotopic (exact) mass is 449 g/mol. The zero-order valence-electron chi connectivity index (χ0n) is 18.3. The van der Waals surface area contributed by atoms with Crippen LogP contribution in [0.3, 0.4) is 0 Å². The molecule has 166 valence electrons. The van der Waals surface area contributed by atoms with Gasteiger partial charge in [-0.25, -0.2) is 8.42 Å². The highest BCUT2D eigenvalue weighted by Crippen LogP contribution is 2.18. The maximum Gasteiger partial charge on any atom is 0.243 e. The maximum absolute atomic E-state index is 12.6. The van der Waals surface area contributed by atoms with Crippen molar-refractivity contribution in [2.45, 2.75) is 25.3 Å². The van der Waals surface area contributed by atoms with Crippen molar-refractivity contribution < 1.29 is 17.9 Å². The second-order valence-electron chi connectivity index (χ2n) is 7.16. The SMILES string of the molecule is CCN(CC)S(=O)(=O)c1ccc(C(=O)C=Cc2cccc(OCc3ccccc3)c2)cc1. The Kier molecular flexibility index (Phi) is 7.98. The molecule has 0 unspecified atom stereocenters. The van der Waals surface area contributed by atoms with E-state index >= 15 is 0 Å². The topological polar surface area (TPSA) is 63.7 Å². The largest absolute Gasteiger partial charge is 0.489 e. The van der Waals surface area contributed by atoms with Crippen LogP contribution in [-0.2, 0) is 16.6 Å². The first-order chi connectivity index (χ1) is 15.4. The van der Waals surface area contributed by atoms with Gasteiger partial charge in [-0.15, -0.1) is 0 Å². The van der Waals surface area contributed by atoms with Crippen LogP contribution in [0.5, 0.6) is 5.75 Å². The van der Waals surface area contributed by atoms with Crippen molar-refractivity contribution in [1.29, 1.82) is 0 Å². The molecule has 0 spiro atoms. The third kappa shape index (κ3) is 5.93. The lowest BCUT2D eigenvalue weighted by Crippen LogP contribution is -2.30. The van der Waals surface area contributed by atoms with Crippen molar-refractivity contribution in [2.75, 3.05) is 13.1 Å². The van der Waals surface area contributed by atoms with E-state index in [1.807, 2.05) is 54.6 Å². The predicted octanol–water partition coefficient (Wildman–Crippen LogP) is 5.19. The van der Waals surface area contributed by atoms with Crippen LogP contribution in [-0.4, -0.2) is 31.6 Å². The van der Waals surface area contributed by atoms with Crippen LogP contribution >= 0.6 is 0 Å². The van der Waals surface area contributed by atoms with E-state index in [2.05, 4.69) is 0 Å². The number of hydrogen-bond donors (Lipinski definition) is 0. The zero-order valence-corrected chi connectivity index (χ0v) is 19.1. The van der Waals surface area contributed by atoms with Crippen LogP contribution in [0, 0.1) is 0 Å². The normalized spacial score (nSPS) is 11.7. The molecule has 5 nitrogen and oxygen atoms in total. The number of carbonyl (C=O) groups is 1. The summed E-state index contributed by atoms with van der Waals surface area (Å²) >= 11 is 0. The summed E-state index contributed by atoms with van der Waals surface area (Å²) in [5.41, 5.74) is 2.34. The summed E-state index contributed by atoms with van der Waals surface area (Å²) in [5.74, 6) is 0.516. The third-order valence-corrected chi connectivity index (χ3v) is 7.08. The molecule has 3 rings (SSSR count). The maximum atomic E-state index is 12.6. The first kappa shape index (κ1) is 23.4. The Morgan fingerprint density at radius 2 is 1.59 bits per heavy atom. The molecule has 0 bridgehead atoms. The van der Waals surface area contributed by atoms with Gasteiger partial charge < -0.3 is 4.74 Å². The van der Waals surface area contributed by atoms with Crippen molar-refractivity contribution in [2.24, 2.45) is 0 Å². The molecular weight excluding hydrogens is 422 g/mol. The molecule has 0 fully saturated rings. The fourth-order valence-electron chi connectivity index (χ4n) is 3.22. The number of ketones is 1. The third-order valence-electron chi connectivity index (χ3n) is 5.02. The quantitative estimate of drug-likeness (QED) is 0.316. The van der Waals surface area contributed by atoms with Gasteiger partial charge >= 0.3 is 0 Å². The van der Waals surface area contributed by atoms with E-state index < -0.39 is 10.0 Å². The number of rotatable bonds is 10. The number of nitrogens with zero attached hydrogens (tertiary/aromatic N) is 1. The summed E-state index contributed by atoms with van der Waals surface area (Å²) in [5, 5.41) is 0. The van der Waals surface area contributed by atoms with Gasteiger partial charge in [0.25, 0.3) is 0 Å². The highest BCUT2D eigenvalue weighted by Gasteiger charge is 2.21. The number of carbonyl (C=O) groups excluding carboxylic acids is 1. The van der Waals surface area contributed by atoms with Crippen LogP contribution < -0.4 is 4.74 Å². The zero-order chi connectivity index (χ0) is 23.0. The Hall–Kier alpha value is -3.22. The lowest BCUT2D eigenvalue weighted by atomic mass is 10.1. The minimum absolute atomic E-state index is 0.185. The molecule has 0 aromatic heterocycles. The number of hydrogen-bond acceptors (Lipinski definition) is 4. The Labute approximate surface area is 190 Å². The molecular formula is C26H27NO4S. The van der Waals surface area contributed by atoms with Gasteiger partial charge in [0.1, 0.15) is 12.4 Å². The summed E-state index contributed by atoms with van der Waals surface area (Å²) < 4.78 is 32.4. The van der Waals surface area contributed by atoms with Crippen molar-refractivity contribution in [3.05, 3.63) is 102 Å². The molecule has 0 saturated carbocycles. The second kappa shape index (κ2) is 10.9. The van der Waals surface area contributed by atoms with E-state index in [1.165, 1.54) is 22.5 Å². The first-order valence-electron chi connectivity index (χ1n) is 10.5. The molecule has 0 saturated heterocycles. The van der Waals surface area contributed by atoms with Crippen LogP contribution in [0.15, 0.2) is 89.8 Å². The highest BCUT2D eigenvalue weighted by atomic mass is 32.2. The molecule has 0 heterocycles. The van der Waals surface area contributed by atoms with Crippen molar-refractivity contribution in [1.82, 2.24) is 4.31 Å². The van der Waals surface area contributed by atoms with Crippen molar-refractivity contribution >= 4 is 21.9 Å². The standard InChI is InChI=1S/C26H27NO4S/c1-3-27(4-2)32(29,30)25-16-14-23(15-17-25)26(28)18-13-21-11-8-12-24(19-21)31-20-22-9-6-5-7-10-22/h5-19H,3-4,20H2,1-2H3. The van der Waals surface area contributed by atoms with Gasteiger partial charge in [-0.1, -0.05) is 62.4 Å². The molecule has 0 aliphatic carbocycles. The number of benzene rings is 3. The minimum Gasteiger partial charge on any atom is -0.489 e. The van der Waals surface area contributed by atoms with Gasteiger partial charge in [-0.2, -0.15) is 4.31 Å². The fraction of sp³-hybridized carbons (Fsp3) is 0.192. The smallest absolute Gasteiger partial charge is 0.243 e. The van der Waals surface area contributed by atoms with Crippen LogP contribution in [0.4, 0.5) is 0 Å². The molecule has 0 atom stereocenters. The number of ether oxygens (including phenoxy) is 1. The average Bonchev–Trinajstić information content (AvgIpc) is 2.83. The Morgan fingerprint density at radius 1 is 0.906 bits per heavy atom. The van der Waals surface area contributed by atoms with Crippen LogP contribution in [0.1, 0.15) is 35.3 Å². The molecule has 3 aromatic rings. The molecule has 32 heavy (non-hydrogen) atoms. The molecule has 0 radical (unpaired) electrons. The number of sulfonamides is 1. The van der Waals surface area contributed by atoms with Crippen molar-refractivity contribution in [3.63, 3.8) is 0 Å². The lowest BCUT2D eigenvalue weighted by molar-refractivity contribution is 0.104. The van der Waals surface area contributed by atoms with Crippen molar-refractivity contribution in [3.8, 4) is 5.75 Å². The summed E-state index contributed by atoms with van der Waals surface area (Å²) in [6.45, 7) is 4.86. The van der Waals surface area contributed by atoms with E-state index in [-0.39, 0.29) is 10.7 Å². The van der Waals surface area contributed by atoms with E-state index in [9.17, 15) is 13.2 Å². The van der Waals surface area contributed by atoms with Gasteiger partial charge in [0.05, 0.1) is 4.90 Å². The van der Waals surface area contributed by atoms with Crippen LogP contribution in [0.25, 0.3) is 6.08 Å². The van der Waals surface area contributed by atoms with Gasteiger partial charge in [0, 0.05) is 18.7 Å². The molecule has 0 N–H and O–H groups in total. The van der Waals surface area contributed by atoms with E-state index in [1.54, 1.807) is 32.1 Å². The van der Waals surface area contributed by atoms with Crippen LogP contribution in [0.2, 0.25) is 0 Å². The molecule has 3 aromatic carbocycles. The fourth-order valence-corrected chi connectivity index (χ4v) is 4.68. The summed E-state index contributed by atoms with van der Waals surface area (Å²) in [6.07, 6.45) is 3.20. The Bertz CT molecular complexity index is 1170. The van der Waals surface area contributed by atoms with Gasteiger partial charge in [0.2, 0.25) is 10.0 Å². The number of allylic oxidation sites excluding steroid dienone is 1. The van der Waals surface area contributed by atoms with E-state index in [0.717, 1.165) is 16.9 Å². The minimum atomic E-state index is -3.54. The Balaban J connectivity index is 1.66. The lowest BCUT2D eigenvalue weighted by Gasteiger charge is -2.18. The van der Waals surface area contributed by atoms with Gasteiger partial charge in [-0.3, -0.25) is 4.79 Å². The highest BCUT2D eigenvalue weighted by molar-refractivity contribution is 7.89. The predicted molar refractivity (Wildman–Crippen MR) is 127 cm³/mol. The average molecular weight is 450 g/mol. The summed E-state index contributed by atoms with van der Waals surface area (Å²) in [7, 11) is -3.54. The van der Waals surface area contributed by atoms with Gasteiger partial charge in [0.15, 0.2) is 5.78 Å². The molecule has 0 aliphatic rings. The van der Waals surface area contributed by atoms with E-state index in [0.29, 0.717) is 25.3 Å². The molecule has 0 aliphatic heterocycles. The second-order valence-corrected chi connectivity index (χ2v) is 9.10. The summed E-state index contributed by atoms with van der Waals surface area (Å²) in [4.78, 5) is 12.7. The molecule has 0 amide bonds. The first-order valence-corrected chi connectivity index (χ1v) is 12.0.